The second-order valence-electron chi connectivity index (χ2n) is 7.38. The number of nitrogens with zero attached hydrogens (tertiary/aromatic N) is 1. The first kappa shape index (κ1) is 36.4. The highest BCUT2D eigenvalue weighted by molar-refractivity contribution is 5.97. The fraction of sp³-hybridized carbons (Fsp3) is 0.727. The van der Waals surface area contributed by atoms with Gasteiger partial charge in [0.2, 0.25) is 5.91 Å². The fourth-order valence-corrected chi connectivity index (χ4v) is 1.97. The van der Waals surface area contributed by atoms with E-state index < -0.39 is 35.7 Å². The number of carboxylic acid groups (broad SMARTS) is 1. The van der Waals surface area contributed by atoms with Gasteiger partial charge < -0.3 is 34.3 Å². The molecule has 0 saturated carbocycles. The molecular weight excluding hydrogens is 468 g/mol. The van der Waals surface area contributed by atoms with Crippen molar-refractivity contribution in [2.24, 2.45) is 11.8 Å². The molecule has 0 fully saturated rings. The van der Waals surface area contributed by atoms with E-state index in [1.54, 1.807) is 6.92 Å². The number of ether oxygens (including phenoxy) is 4. The molecule has 4 unspecified atom stereocenters. The summed E-state index contributed by atoms with van der Waals surface area (Å²) in [7, 11) is 8.41. The van der Waals surface area contributed by atoms with Crippen LogP contribution in [-0.2, 0) is 47.7 Å². The standard InChI is InChI=1S/C11H19NO5.C6H13NO2.C5H8O4/c1-7(6-9(13)16-4)12(3)10(14)8(2)11(15)17-5;1-5(7-2)4-6(8)9-3;1-3(4(6)7)5(8)9-2/h7-8H,6H2,1-5H3;5,7H,4H2,1-3H3;3H,1-2H3,(H,6,7). The molecule has 13 heteroatoms. The van der Waals surface area contributed by atoms with Crippen molar-refractivity contribution >= 4 is 35.8 Å². The molecule has 0 aromatic heterocycles. The number of hydrogen-bond donors (Lipinski definition) is 2. The monoisotopic (exact) mass is 508 g/mol. The van der Waals surface area contributed by atoms with Crippen LogP contribution in [0.4, 0.5) is 0 Å². The Labute approximate surface area is 206 Å². The van der Waals surface area contributed by atoms with Gasteiger partial charge in [-0.15, -0.1) is 0 Å². The Morgan fingerprint density at radius 3 is 1.46 bits per heavy atom. The van der Waals surface area contributed by atoms with Crippen LogP contribution in [-0.4, -0.2) is 100 Å². The molecule has 0 rings (SSSR count). The summed E-state index contributed by atoms with van der Waals surface area (Å²) in [6.07, 6.45) is 0.527. The van der Waals surface area contributed by atoms with Crippen LogP contribution >= 0.6 is 0 Å². The summed E-state index contributed by atoms with van der Waals surface area (Å²) in [6.45, 7) is 6.37. The van der Waals surface area contributed by atoms with Crippen LogP contribution in [0.5, 0.6) is 0 Å². The van der Waals surface area contributed by atoms with Crippen LogP contribution in [0.1, 0.15) is 40.5 Å². The van der Waals surface area contributed by atoms with Crippen molar-refractivity contribution < 1.29 is 52.8 Å². The van der Waals surface area contributed by atoms with Crippen LogP contribution in [0.25, 0.3) is 0 Å². The number of carbonyl (C=O) groups is 6. The molecule has 0 aliphatic rings. The molecule has 0 aliphatic heterocycles. The van der Waals surface area contributed by atoms with Gasteiger partial charge in [0.1, 0.15) is 5.92 Å². The SMILES string of the molecule is CNC(C)CC(=O)OC.COC(=O)C(C)C(=O)O.COC(=O)CC(C)N(C)C(=O)C(C)C(=O)OC. The average molecular weight is 509 g/mol. The summed E-state index contributed by atoms with van der Waals surface area (Å²) >= 11 is 0. The molecule has 0 aromatic rings. The molecule has 0 aromatic carbocycles. The highest BCUT2D eigenvalue weighted by atomic mass is 16.5. The summed E-state index contributed by atoms with van der Waals surface area (Å²) in [6, 6.07) is -0.125. The largest absolute Gasteiger partial charge is 0.481 e. The second kappa shape index (κ2) is 20.2. The van der Waals surface area contributed by atoms with Gasteiger partial charge in [-0.25, -0.2) is 0 Å². The molecule has 0 bridgehead atoms. The third kappa shape index (κ3) is 17.0. The number of nitrogens with one attached hydrogen (secondary N) is 1. The highest BCUT2D eigenvalue weighted by Gasteiger charge is 2.28. The Bertz CT molecular complexity index is 697. The summed E-state index contributed by atoms with van der Waals surface area (Å²) in [5.41, 5.74) is 0. The van der Waals surface area contributed by atoms with E-state index in [1.165, 1.54) is 47.1 Å². The number of rotatable bonds is 10. The van der Waals surface area contributed by atoms with Crippen LogP contribution in [0.3, 0.4) is 0 Å². The van der Waals surface area contributed by atoms with Crippen molar-refractivity contribution in [1.82, 2.24) is 10.2 Å². The third-order valence-electron chi connectivity index (χ3n) is 4.74. The maximum Gasteiger partial charge on any atom is 0.319 e. The predicted octanol–water partition coefficient (Wildman–Crippen LogP) is 0.243. The maximum atomic E-state index is 11.8. The normalized spacial score (nSPS) is 13.0. The first-order valence-corrected chi connectivity index (χ1v) is 10.6. The second-order valence-corrected chi connectivity index (χ2v) is 7.38. The zero-order chi connectivity index (χ0) is 28.3. The van der Waals surface area contributed by atoms with Gasteiger partial charge in [0.15, 0.2) is 5.92 Å². The molecule has 13 nitrogen and oxygen atoms in total. The minimum atomic E-state index is -1.16. The Morgan fingerprint density at radius 2 is 1.14 bits per heavy atom. The number of amides is 1. The van der Waals surface area contributed by atoms with Crippen molar-refractivity contribution in [2.45, 2.75) is 52.6 Å². The van der Waals surface area contributed by atoms with E-state index >= 15 is 0 Å². The molecule has 0 aliphatic carbocycles. The Kier molecular flexibility index (Phi) is 21.0. The average Bonchev–Trinajstić information content (AvgIpc) is 2.85. The molecule has 0 heterocycles. The molecule has 4 atom stereocenters. The minimum Gasteiger partial charge on any atom is -0.481 e. The van der Waals surface area contributed by atoms with Crippen molar-refractivity contribution in [3.05, 3.63) is 0 Å². The Hall–Kier alpha value is -3.22. The van der Waals surface area contributed by atoms with E-state index in [4.69, 9.17) is 5.11 Å². The van der Waals surface area contributed by atoms with Crippen molar-refractivity contribution in [3.63, 3.8) is 0 Å². The summed E-state index contributed by atoms with van der Waals surface area (Å²) in [4.78, 5) is 66.3. The van der Waals surface area contributed by atoms with Crippen LogP contribution < -0.4 is 5.32 Å². The molecule has 35 heavy (non-hydrogen) atoms. The topological polar surface area (TPSA) is 175 Å². The molecule has 2 N–H and O–H groups in total. The van der Waals surface area contributed by atoms with Gasteiger partial charge >= 0.3 is 29.8 Å². The van der Waals surface area contributed by atoms with E-state index in [-0.39, 0.29) is 30.4 Å². The summed E-state index contributed by atoms with van der Waals surface area (Å²) in [5, 5.41) is 11.1. The first-order valence-electron chi connectivity index (χ1n) is 10.6. The minimum absolute atomic E-state index is 0.0899. The Balaban J connectivity index is -0.000000481. The first-order chi connectivity index (χ1) is 16.1. The van der Waals surface area contributed by atoms with Crippen LogP contribution in [0.15, 0.2) is 0 Å². The smallest absolute Gasteiger partial charge is 0.319 e. The summed E-state index contributed by atoms with van der Waals surface area (Å²) in [5.74, 6) is -5.36. The lowest BCUT2D eigenvalue weighted by molar-refractivity contribution is -0.156. The van der Waals surface area contributed by atoms with Gasteiger partial charge in [0.05, 0.1) is 41.3 Å². The van der Waals surface area contributed by atoms with E-state index in [0.29, 0.717) is 6.42 Å². The van der Waals surface area contributed by atoms with Crippen LogP contribution in [0.2, 0.25) is 0 Å². The van der Waals surface area contributed by atoms with E-state index in [1.807, 2.05) is 14.0 Å². The zero-order valence-electron chi connectivity index (χ0n) is 22.2. The number of esters is 4. The molecule has 204 valence electrons. The van der Waals surface area contributed by atoms with Crippen molar-refractivity contribution in [1.29, 1.82) is 0 Å². The lowest BCUT2D eigenvalue weighted by Crippen LogP contribution is -2.42. The predicted molar refractivity (Wildman–Crippen MR) is 124 cm³/mol. The van der Waals surface area contributed by atoms with Crippen LogP contribution in [0, 0.1) is 11.8 Å². The number of carboxylic acids is 1. The molecule has 0 saturated heterocycles. The quantitative estimate of drug-likeness (QED) is 0.234. The number of aliphatic carboxylic acids is 1. The van der Waals surface area contributed by atoms with Crippen molar-refractivity contribution in [3.8, 4) is 0 Å². The van der Waals surface area contributed by atoms with Gasteiger partial charge in [-0.05, 0) is 34.7 Å². The van der Waals surface area contributed by atoms with Crippen molar-refractivity contribution in [2.75, 3.05) is 42.5 Å². The molecule has 0 spiro atoms. The van der Waals surface area contributed by atoms with E-state index in [9.17, 15) is 28.8 Å². The fourth-order valence-electron chi connectivity index (χ4n) is 1.97. The van der Waals surface area contributed by atoms with E-state index in [0.717, 1.165) is 7.11 Å². The molecular formula is C22H40N2O11. The Morgan fingerprint density at radius 1 is 0.743 bits per heavy atom. The zero-order valence-corrected chi connectivity index (χ0v) is 22.2. The van der Waals surface area contributed by atoms with Gasteiger partial charge in [0.25, 0.3) is 0 Å². The van der Waals surface area contributed by atoms with Gasteiger partial charge in [-0.1, -0.05) is 0 Å². The van der Waals surface area contributed by atoms with Gasteiger partial charge in [-0.3, -0.25) is 28.8 Å². The number of carbonyl (C=O) groups excluding carboxylic acids is 5. The van der Waals surface area contributed by atoms with Gasteiger partial charge in [-0.2, -0.15) is 0 Å². The highest BCUT2D eigenvalue weighted by Crippen LogP contribution is 2.09. The lowest BCUT2D eigenvalue weighted by atomic mass is 10.1. The molecule has 1 amide bonds. The third-order valence-corrected chi connectivity index (χ3v) is 4.74. The maximum absolute atomic E-state index is 11.8. The number of methoxy groups -OCH3 is 4. The van der Waals surface area contributed by atoms with E-state index in [2.05, 4.69) is 24.3 Å². The number of hydrogen-bond acceptors (Lipinski definition) is 11. The summed E-state index contributed by atoms with van der Waals surface area (Å²) < 4.78 is 17.6. The lowest BCUT2D eigenvalue weighted by Gasteiger charge is -2.26. The van der Waals surface area contributed by atoms with Gasteiger partial charge in [0, 0.05) is 19.1 Å². The molecule has 0 radical (unpaired) electrons.